The summed E-state index contributed by atoms with van der Waals surface area (Å²) >= 11 is 0. The van der Waals surface area contributed by atoms with Gasteiger partial charge < -0.3 is 16.0 Å². The molecule has 0 saturated heterocycles. The molecular weight excluding hydrogens is 410 g/mol. The Morgan fingerprint density at radius 1 is 0.758 bits per heavy atom. The van der Waals surface area contributed by atoms with E-state index < -0.39 is 0 Å². The molecule has 0 unspecified atom stereocenters. The van der Waals surface area contributed by atoms with E-state index in [1.54, 1.807) is 0 Å². The highest BCUT2D eigenvalue weighted by atomic mass is 16.1. The van der Waals surface area contributed by atoms with Gasteiger partial charge in [-0.2, -0.15) is 4.98 Å². The van der Waals surface area contributed by atoms with E-state index in [4.69, 9.17) is 0 Å². The molecule has 1 amide bonds. The maximum atomic E-state index is 12.3. The molecule has 3 aromatic carbocycles. The van der Waals surface area contributed by atoms with Gasteiger partial charge in [0, 0.05) is 35.2 Å². The lowest BCUT2D eigenvalue weighted by atomic mass is 10.1. The van der Waals surface area contributed by atoms with Gasteiger partial charge in [-0.3, -0.25) is 4.79 Å². The van der Waals surface area contributed by atoms with Crippen molar-refractivity contribution in [3.63, 3.8) is 0 Å². The average molecular weight is 438 g/mol. The van der Waals surface area contributed by atoms with Crippen LogP contribution in [0.3, 0.4) is 0 Å². The van der Waals surface area contributed by atoms with E-state index in [1.165, 1.54) is 5.56 Å². The molecule has 4 aromatic rings. The van der Waals surface area contributed by atoms with Crippen molar-refractivity contribution in [2.24, 2.45) is 0 Å². The molecule has 0 spiro atoms. The fourth-order valence-electron chi connectivity index (χ4n) is 3.37. The Hall–Kier alpha value is -4.19. The SMILES string of the molecule is Cc1ccc(Nc2cc(C)nc(Nc3ccc(NC(=O)CCc4ccccc4)cc3)n2)cc1. The Kier molecular flexibility index (Phi) is 6.95. The monoisotopic (exact) mass is 437 g/mol. The summed E-state index contributed by atoms with van der Waals surface area (Å²) in [6, 6.07) is 27.6. The number of rotatable bonds is 8. The van der Waals surface area contributed by atoms with Crippen molar-refractivity contribution in [2.75, 3.05) is 16.0 Å². The Morgan fingerprint density at radius 2 is 1.39 bits per heavy atom. The molecule has 3 N–H and O–H groups in total. The smallest absolute Gasteiger partial charge is 0.229 e. The minimum Gasteiger partial charge on any atom is -0.340 e. The van der Waals surface area contributed by atoms with Crippen LogP contribution in [-0.2, 0) is 11.2 Å². The molecule has 0 aliphatic carbocycles. The number of aryl methyl sites for hydroxylation is 3. The van der Waals surface area contributed by atoms with Crippen molar-refractivity contribution in [1.29, 1.82) is 0 Å². The summed E-state index contributed by atoms with van der Waals surface area (Å²) in [4.78, 5) is 21.3. The van der Waals surface area contributed by atoms with Crippen LogP contribution in [0.15, 0.2) is 84.9 Å². The van der Waals surface area contributed by atoms with Gasteiger partial charge in [0.1, 0.15) is 5.82 Å². The van der Waals surface area contributed by atoms with Gasteiger partial charge in [0.15, 0.2) is 0 Å². The lowest BCUT2D eigenvalue weighted by Crippen LogP contribution is -2.12. The highest BCUT2D eigenvalue weighted by Gasteiger charge is 2.06. The van der Waals surface area contributed by atoms with Crippen LogP contribution in [0, 0.1) is 13.8 Å². The van der Waals surface area contributed by atoms with Crippen LogP contribution < -0.4 is 16.0 Å². The zero-order valence-corrected chi connectivity index (χ0v) is 18.8. The number of amides is 1. The van der Waals surface area contributed by atoms with Crippen LogP contribution in [0.4, 0.5) is 28.8 Å². The lowest BCUT2D eigenvalue weighted by Gasteiger charge is -2.11. The summed E-state index contributed by atoms with van der Waals surface area (Å²) in [5.41, 5.74) is 5.77. The minimum atomic E-state index is -0.00611. The van der Waals surface area contributed by atoms with Gasteiger partial charge >= 0.3 is 0 Å². The predicted octanol–water partition coefficient (Wildman–Crippen LogP) is 6.15. The topological polar surface area (TPSA) is 78.9 Å². The van der Waals surface area contributed by atoms with Gasteiger partial charge in [-0.15, -0.1) is 0 Å². The number of nitrogens with one attached hydrogen (secondary N) is 3. The maximum absolute atomic E-state index is 12.3. The van der Waals surface area contributed by atoms with Gasteiger partial charge in [0.2, 0.25) is 11.9 Å². The number of benzene rings is 3. The number of nitrogens with zero attached hydrogens (tertiary/aromatic N) is 2. The molecule has 1 aromatic heterocycles. The molecule has 0 atom stereocenters. The normalized spacial score (nSPS) is 10.5. The molecule has 166 valence electrons. The molecule has 6 nitrogen and oxygen atoms in total. The third-order valence-corrected chi connectivity index (χ3v) is 5.09. The second kappa shape index (κ2) is 10.4. The molecule has 0 fully saturated rings. The maximum Gasteiger partial charge on any atom is 0.229 e. The highest BCUT2D eigenvalue weighted by Crippen LogP contribution is 2.21. The fraction of sp³-hybridized carbons (Fsp3) is 0.148. The van der Waals surface area contributed by atoms with Crippen molar-refractivity contribution in [2.45, 2.75) is 26.7 Å². The van der Waals surface area contributed by atoms with Crippen molar-refractivity contribution < 1.29 is 4.79 Å². The summed E-state index contributed by atoms with van der Waals surface area (Å²) in [6.45, 7) is 3.99. The predicted molar refractivity (Wildman–Crippen MR) is 134 cm³/mol. The first-order valence-electron chi connectivity index (χ1n) is 10.9. The van der Waals surface area contributed by atoms with Crippen LogP contribution in [0.1, 0.15) is 23.2 Å². The first-order valence-corrected chi connectivity index (χ1v) is 10.9. The van der Waals surface area contributed by atoms with Gasteiger partial charge in [0.25, 0.3) is 0 Å². The first-order chi connectivity index (χ1) is 16.0. The second-order valence-corrected chi connectivity index (χ2v) is 7.95. The van der Waals surface area contributed by atoms with Gasteiger partial charge in [0.05, 0.1) is 0 Å². The Morgan fingerprint density at radius 3 is 2.12 bits per heavy atom. The summed E-state index contributed by atoms with van der Waals surface area (Å²) in [5.74, 6) is 1.22. The van der Waals surface area contributed by atoms with Crippen molar-refractivity contribution in [3.05, 3.63) is 102 Å². The quantitative estimate of drug-likeness (QED) is 0.308. The van der Waals surface area contributed by atoms with Gasteiger partial charge in [-0.25, -0.2) is 4.98 Å². The third kappa shape index (κ3) is 6.64. The van der Waals surface area contributed by atoms with Gasteiger partial charge in [-0.1, -0.05) is 48.0 Å². The van der Waals surface area contributed by atoms with Crippen LogP contribution in [0.5, 0.6) is 0 Å². The summed E-state index contributed by atoms with van der Waals surface area (Å²) in [5, 5.41) is 9.49. The zero-order chi connectivity index (χ0) is 23.0. The summed E-state index contributed by atoms with van der Waals surface area (Å²) in [6.07, 6.45) is 1.16. The molecule has 1 heterocycles. The summed E-state index contributed by atoms with van der Waals surface area (Å²) in [7, 11) is 0. The van der Waals surface area contributed by atoms with E-state index in [9.17, 15) is 4.79 Å². The molecule has 0 aliphatic rings. The van der Waals surface area contributed by atoms with Crippen molar-refractivity contribution in [3.8, 4) is 0 Å². The van der Waals surface area contributed by atoms with E-state index in [0.29, 0.717) is 12.4 Å². The van der Waals surface area contributed by atoms with Crippen LogP contribution >= 0.6 is 0 Å². The number of carbonyl (C=O) groups excluding carboxylic acids is 1. The number of hydrogen-bond acceptors (Lipinski definition) is 5. The Balaban J connectivity index is 1.35. The van der Waals surface area contributed by atoms with Crippen molar-refractivity contribution in [1.82, 2.24) is 9.97 Å². The van der Waals surface area contributed by atoms with Crippen molar-refractivity contribution >= 4 is 34.7 Å². The lowest BCUT2D eigenvalue weighted by molar-refractivity contribution is -0.116. The molecule has 6 heteroatoms. The Bertz CT molecular complexity index is 1210. The fourth-order valence-corrected chi connectivity index (χ4v) is 3.37. The first kappa shape index (κ1) is 22.0. The largest absolute Gasteiger partial charge is 0.340 e. The minimum absolute atomic E-state index is 0.00611. The van der Waals surface area contributed by atoms with Crippen LogP contribution in [-0.4, -0.2) is 15.9 Å². The molecule has 0 saturated carbocycles. The number of aromatic nitrogens is 2. The number of anilines is 5. The summed E-state index contributed by atoms with van der Waals surface area (Å²) < 4.78 is 0. The Labute approximate surface area is 194 Å². The van der Waals surface area contributed by atoms with E-state index in [-0.39, 0.29) is 5.91 Å². The van der Waals surface area contributed by atoms with E-state index in [0.717, 1.165) is 40.6 Å². The second-order valence-electron chi connectivity index (χ2n) is 7.95. The molecular formula is C27H27N5O. The number of carbonyl (C=O) groups is 1. The van der Waals surface area contributed by atoms with Crippen LogP contribution in [0.2, 0.25) is 0 Å². The van der Waals surface area contributed by atoms with Gasteiger partial charge in [-0.05, 0) is 62.2 Å². The molecule has 0 radical (unpaired) electrons. The standard InChI is InChI=1S/C27H27N5O/c1-19-8-11-22(12-9-19)29-25-18-20(2)28-27(32-25)31-24-15-13-23(14-16-24)30-26(33)17-10-21-6-4-3-5-7-21/h3-9,11-16,18H,10,17H2,1-2H3,(H,30,33)(H2,28,29,31,32). The van der Waals surface area contributed by atoms with E-state index in [2.05, 4.69) is 45.0 Å². The van der Waals surface area contributed by atoms with E-state index >= 15 is 0 Å². The highest BCUT2D eigenvalue weighted by molar-refractivity contribution is 5.91. The molecule has 4 rings (SSSR count). The molecule has 0 aliphatic heterocycles. The van der Waals surface area contributed by atoms with Crippen LogP contribution in [0.25, 0.3) is 0 Å². The zero-order valence-electron chi connectivity index (χ0n) is 18.8. The molecule has 33 heavy (non-hydrogen) atoms. The molecule has 0 bridgehead atoms. The third-order valence-electron chi connectivity index (χ3n) is 5.09. The van der Waals surface area contributed by atoms with E-state index in [1.807, 2.05) is 79.7 Å². The average Bonchev–Trinajstić information content (AvgIpc) is 2.81. The number of hydrogen-bond donors (Lipinski definition) is 3.